The number of carboxylic acid groups (broad SMARTS) is 1. The van der Waals surface area contributed by atoms with E-state index in [0.717, 1.165) is 38.2 Å². The molecule has 2 aromatic rings. The van der Waals surface area contributed by atoms with Crippen LogP contribution in [0.15, 0.2) is 18.3 Å². The van der Waals surface area contributed by atoms with Gasteiger partial charge in [-0.1, -0.05) is 6.42 Å². The van der Waals surface area contributed by atoms with Gasteiger partial charge in [-0.25, -0.2) is 9.78 Å². The van der Waals surface area contributed by atoms with Gasteiger partial charge >= 0.3 is 5.97 Å². The number of hydrogen-bond acceptors (Lipinski definition) is 4. The van der Waals surface area contributed by atoms with Gasteiger partial charge in [0.1, 0.15) is 11.6 Å². The number of fused-ring (bicyclic) bond motifs is 1. The highest BCUT2D eigenvalue weighted by Crippen LogP contribution is 2.27. The highest BCUT2D eigenvalue weighted by molar-refractivity contribution is 5.94. The van der Waals surface area contributed by atoms with Crippen molar-refractivity contribution >= 4 is 11.5 Å². The maximum atomic E-state index is 11.3. The second-order valence-electron chi connectivity index (χ2n) is 5.16. The normalized spacial score (nSPS) is 19.9. The van der Waals surface area contributed by atoms with Crippen LogP contribution in [0.3, 0.4) is 0 Å². The van der Waals surface area contributed by atoms with Gasteiger partial charge < -0.3 is 19.9 Å². The van der Waals surface area contributed by atoms with Crippen LogP contribution in [-0.2, 0) is 0 Å². The summed E-state index contributed by atoms with van der Waals surface area (Å²) < 4.78 is 1.78. The molecule has 3 heterocycles. The number of hydrogen-bond donors (Lipinski definition) is 3. The second-order valence-corrected chi connectivity index (χ2v) is 5.16. The molecule has 1 fully saturated rings. The zero-order chi connectivity index (χ0) is 14.1. The van der Waals surface area contributed by atoms with E-state index < -0.39 is 5.97 Å². The van der Waals surface area contributed by atoms with E-state index in [9.17, 15) is 15.0 Å². The molecule has 3 N–H and O–H groups in total. The Kier molecular flexibility index (Phi) is 3.31. The van der Waals surface area contributed by atoms with Gasteiger partial charge in [0.05, 0.1) is 5.52 Å². The van der Waals surface area contributed by atoms with Crippen molar-refractivity contribution < 1.29 is 15.0 Å². The van der Waals surface area contributed by atoms with Gasteiger partial charge in [0.25, 0.3) is 0 Å². The fourth-order valence-electron chi connectivity index (χ4n) is 2.78. The number of imidazole rings is 1. The highest BCUT2D eigenvalue weighted by atomic mass is 16.4. The average molecular weight is 275 g/mol. The molecule has 0 saturated carbocycles. The Labute approximate surface area is 116 Å². The summed E-state index contributed by atoms with van der Waals surface area (Å²) >= 11 is 0. The zero-order valence-corrected chi connectivity index (χ0v) is 11.0. The maximum absolute atomic E-state index is 11.3. The summed E-state index contributed by atoms with van der Waals surface area (Å²) in [5.41, 5.74) is 0.442. The molecule has 106 valence electrons. The molecule has 0 amide bonds. The van der Waals surface area contributed by atoms with Crippen molar-refractivity contribution in [1.29, 1.82) is 0 Å². The molecular formula is C14H17N3O3. The van der Waals surface area contributed by atoms with Gasteiger partial charge in [0.15, 0.2) is 5.69 Å². The van der Waals surface area contributed by atoms with Gasteiger partial charge in [-0.2, -0.15) is 0 Å². The number of carbonyl (C=O) groups is 1. The van der Waals surface area contributed by atoms with Crippen LogP contribution in [0, 0.1) is 0 Å². The third-order valence-electron chi connectivity index (χ3n) is 3.77. The summed E-state index contributed by atoms with van der Waals surface area (Å²) in [6, 6.07) is 3.00. The number of nitrogens with zero attached hydrogens (tertiary/aromatic N) is 2. The minimum absolute atomic E-state index is 0.000136. The van der Waals surface area contributed by atoms with Crippen molar-refractivity contribution in [3.8, 4) is 5.75 Å². The monoisotopic (exact) mass is 275 g/mol. The smallest absolute Gasteiger partial charge is 0.356 e. The first-order valence-corrected chi connectivity index (χ1v) is 6.82. The minimum atomic E-state index is -1.07. The van der Waals surface area contributed by atoms with Crippen LogP contribution in [0.2, 0.25) is 0 Å². The molecule has 6 heteroatoms. The predicted molar refractivity (Wildman–Crippen MR) is 73.3 cm³/mol. The lowest BCUT2D eigenvalue weighted by Gasteiger charge is -2.12. The Morgan fingerprint density at radius 1 is 1.45 bits per heavy atom. The van der Waals surface area contributed by atoms with Crippen LogP contribution >= 0.6 is 0 Å². The summed E-state index contributed by atoms with van der Waals surface area (Å²) in [5.74, 6) is -0.0687. The molecule has 1 aliphatic rings. The number of aromatic hydroxyl groups is 1. The summed E-state index contributed by atoms with van der Waals surface area (Å²) in [4.78, 5) is 15.6. The van der Waals surface area contributed by atoms with Crippen LogP contribution in [0.1, 0.15) is 41.5 Å². The summed E-state index contributed by atoms with van der Waals surface area (Å²) in [7, 11) is 0. The average Bonchev–Trinajstić information content (AvgIpc) is 2.60. The molecular weight excluding hydrogens is 258 g/mol. The molecule has 0 bridgehead atoms. The van der Waals surface area contributed by atoms with Crippen LogP contribution in [-0.4, -0.2) is 38.7 Å². The molecule has 2 aromatic heterocycles. The Balaban J connectivity index is 2.12. The van der Waals surface area contributed by atoms with Crippen molar-refractivity contribution in [2.24, 2.45) is 0 Å². The number of pyridine rings is 1. The van der Waals surface area contributed by atoms with Crippen molar-refractivity contribution in [2.45, 2.75) is 25.2 Å². The zero-order valence-electron chi connectivity index (χ0n) is 11.0. The molecule has 0 spiro atoms. The fourth-order valence-corrected chi connectivity index (χ4v) is 2.78. The number of aromatic nitrogens is 2. The van der Waals surface area contributed by atoms with Gasteiger partial charge in [0, 0.05) is 24.7 Å². The molecule has 3 rings (SSSR count). The number of aromatic carboxylic acids is 1. The Bertz CT molecular complexity index is 642. The van der Waals surface area contributed by atoms with Crippen molar-refractivity contribution in [3.63, 3.8) is 0 Å². The van der Waals surface area contributed by atoms with Crippen LogP contribution < -0.4 is 5.32 Å². The van der Waals surface area contributed by atoms with Crippen molar-refractivity contribution in [1.82, 2.24) is 14.7 Å². The lowest BCUT2D eigenvalue weighted by molar-refractivity contribution is 0.0693. The quantitative estimate of drug-likeness (QED) is 0.775. The SMILES string of the molecule is O=C(O)c1nc(C2CCCCNC2)n2ccc(O)cc12. The van der Waals surface area contributed by atoms with Crippen LogP contribution in [0.5, 0.6) is 5.75 Å². The van der Waals surface area contributed by atoms with E-state index in [0.29, 0.717) is 5.52 Å². The lowest BCUT2D eigenvalue weighted by atomic mass is 10.0. The summed E-state index contributed by atoms with van der Waals surface area (Å²) in [6.45, 7) is 1.80. The van der Waals surface area contributed by atoms with E-state index >= 15 is 0 Å². The molecule has 0 aromatic carbocycles. The molecule has 20 heavy (non-hydrogen) atoms. The topological polar surface area (TPSA) is 86.9 Å². The standard InChI is InChI=1S/C14H17N3O3/c18-10-4-6-17-11(7-10)12(14(19)20)16-13(17)9-3-1-2-5-15-8-9/h4,6-7,9,15,18H,1-3,5,8H2,(H,19,20). The first kappa shape index (κ1) is 12.9. The van der Waals surface area contributed by atoms with Crippen molar-refractivity contribution in [2.75, 3.05) is 13.1 Å². The van der Waals surface area contributed by atoms with E-state index in [1.807, 2.05) is 0 Å². The van der Waals surface area contributed by atoms with Crippen LogP contribution in [0.4, 0.5) is 0 Å². The first-order valence-electron chi connectivity index (χ1n) is 6.82. The molecule has 1 atom stereocenters. The van der Waals surface area contributed by atoms with E-state index in [2.05, 4.69) is 10.3 Å². The number of rotatable bonds is 2. The number of carboxylic acids is 1. The molecule has 1 unspecified atom stereocenters. The van der Waals surface area contributed by atoms with Gasteiger partial charge in [-0.05, 0) is 25.5 Å². The van der Waals surface area contributed by atoms with E-state index in [1.165, 1.54) is 6.07 Å². The fraction of sp³-hybridized carbons (Fsp3) is 0.429. The molecule has 0 aliphatic carbocycles. The largest absolute Gasteiger partial charge is 0.508 e. The molecule has 0 radical (unpaired) electrons. The Morgan fingerprint density at radius 2 is 2.30 bits per heavy atom. The Morgan fingerprint density at radius 3 is 3.10 bits per heavy atom. The first-order chi connectivity index (χ1) is 9.66. The van der Waals surface area contributed by atoms with Gasteiger partial charge in [-0.3, -0.25) is 0 Å². The van der Waals surface area contributed by atoms with E-state index in [-0.39, 0.29) is 17.4 Å². The van der Waals surface area contributed by atoms with E-state index in [4.69, 9.17) is 0 Å². The van der Waals surface area contributed by atoms with E-state index in [1.54, 1.807) is 16.7 Å². The van der Waals surface area contributed by atoms with Gasteiger partial charge in [-0.15, -0.1) is 0 Å². The molecule has 1 saturated heterocycles. The minimum Gasteiger partial charge on any atom is -0.508 e. The maximum Gasteiger partial charge on any atom is 0.356 e. The second kappa shape index (κ2) is 5.13. The third-order valence-corrected chi connectivity index (χ3v) is 3.77. The summed E-state index contributed by atoms with van der Waals surface area (Å²) in [5, 5.41) is 22.2. The lowest BCUT2D eigenvalue weighted by Crippen LogP contribution is -2.20. The number of nitrogens with one attached hydrogen (secondary N) is 1. The van der Waals surface area contributed by atoms with Gasteiger partial charge in [0.2, 0.25) is 0 Å². The van der Waals surface area contributed by atoms with Crippen LogP contribution in [0.25, 0.3) is 5.52 Å². The summed E-state index contributed by atoms with van der Waals surface area (Å²) in [6.07, 6.45) is 4.91. The molecule has 1 aliphatic heterocycles. The van der Waals surface area contributed by atoms with Crippen molar-refractivity contribution in [3.05, 3.63) is 29.8 Å². The highest BCUT2D eigenvalue weighted by Gasteiger charge is 2.23. The third kappa shape index (κ3) is 2.22. The Hall–Kier alpha value is -2.08. The molecule has 6 nitrogen and oxygen atoms in total. The predicted octanol–water partition coefficient (Wildman–Crippen LogP) is 1.60.